The number of allylic oxidation sites excluding steroid dienone is 3. The van der Waals surface area contributed by atoms with E-state index < -0.39 is 34.1 Å². The first-order chi connectivity index (χ1) is 12.2. The first-order valence-electron chi connectivity index (χ1n) is 9.69. The van der Waals surface area contributed by atoms with Crippen molar-refractivity contribution in [2.75, 3.05) is 6.61 Å². The van der Waals surface area contributed by atoms with Crippen molar-refractivity contribution in [1.29, 1.82) is 0 Å². The Morgan fingerprint density at radius 1 is 1.23 bits per heavy atom. The van der Waals surface area contributed by atoms with Gasteiger partial charge in [0.15, 0.2) is 11.6 Å². The molecule has 7 rings (SSSR count). The molecule has 5 aliphatic carbocycles. The summed E-state index contributed by atoms with van der Waals surface area (Å²) in [5.41, 5.74) is -0.394. The third-order valence-corrected chi connectivity index (χ3v) is 9.16. The van der Waals surface area contributed by atoms with Crippen LogP contribution in [0.3, 0.4) is 0 Å². The van der Waals surface area contributed by atoms with E-state index in [1.165, 1.54) is 0 Å². The molecule has 2 spiro atoms. The summed E-state index contributed by atoms with van der Waals surface area (Å²) in [5.74, 6) is -2.17. The standard InChI is InChI=1S/C21H24O5/c1-9-10-4-5-11-19-7-6-12(22)18(2,3)15(19)17(24)21(25,26-8-19)20(11)14(10)13(9)16(20)23/h6-7,10-11,14-15,17,24-25H,4-5,8H2,1-3H3. The summed E-state index contributed by atoms with van der Waals surface area (Å²) in [4.78, 5) is 25.9. The van der Waals surface area contributed by atoms with Gasteiger partial charge in [-0.3, -0.25) is 9.59 Å². The second kappa shape index (κ2) is 3.94. The van der Waals surface area contributed by atoms with Crippen LogP contribution in [0.5, 0.6) is 0 Å². The van der Waals surface area contributed by atoms with Crippen LogP contribution >= 0.6 is 0 Å². The van der Waals surface area contributed by atoms with Gasteiger partial charge in [0.25, 0.3) is 0 Å². The van der Waals surface area contributed by atoms with Gasteiger partial charge in [-0.1, -0.05) is 25.5 Å². The molecule has 2 heterocycles. The number of ether oxygens (including phenoxy) is 1. The Morgan fingerprint density at radius 3 is 2.69 bits per heavy atom. The molecule has 8 unspecified atom stereocenters. The number of hydrogen-bond acceptors (Lipinski definition) is 5. The lowest BCUT2D eigenvalue weighted by molar-refractivity contribution is -0.441. The summed E-state index contributed by atoms with van der Waals surface area (Å²) in [6, 6.07) is 0. The molecule has 0 aromatic heterocycles. The van der Waals surface area contributed by atoms with Crippen molar-refractivity contribution < 1.29 is 24.5 Å². The molecule has 2 saturated heterocycles. The Hall–Kier alpha value is -1.30. The molecule has 5 fully saturated rings. The molecule has 7 aliphatic rings. The molecule has 3 saturated carbocycles. The molecular weight excluding hydrogens is 332 g/mol. The Morgan fingerprint density at radius 2 is 1.96 bits per heavy atom. The minimum absolute atomic E-state index is 0.000616. The number of carbonyl (C=O) groups excluding carboxylic acids is 2. The van der Waals surface area contributed by atoms with Crippen LogP contribution in [0.2, 0.25) is 0 Å². The van der Waals surface area contributed by atoms with Gasteiger partial charge in [-0.2, -0.15) is 0 Å². The summed E-state index contributed by atoms with van der Waals surface area (Å²) < 4.78 is 5.93. The van der Waals surface area contributed by atoms with Gasteiger partial charge in [-0.15, -0.1) is 0 Å². The van der Waals surface area contributed by atoms with Crippen LogP contribution in [0.25, 0.3) is 0 Å². The quantitative estimate of drug-likeness (QED) is 0.685. The highest BCUT2D eigenvalue weighted by molar-refractivity contribution is 6.12. The van der Waals surface area contributed by atoms with Gasteiger partial charge < -0.3 is 14.9 Å². The smallest absolute Gasteiger partial charge is 0.206 e. The fraction of sp³-hybridized carbons (Fsp3) is 0.714. The highest BCUT2D eigenvalue weighted by Crippen LogP contribution is 2.81. The van der Waals surface area contributed by atoms with Crippen molar-refractivity contribution in [3.63, 3.8) is 0 Å². The summed E-state index contributed by atoms with van der Waals surface area (Å²) >= 11 is 0. The van der Waals surface area contributed by atoms with Crippen molar-refractivity contribution in [3.05, 3.63) is 23.3 Å². The van der Waals surface area contributed by atoms with E-state index in [4.69, 9.17) is 4.74 Å². The largest absolute Gasteiger partial charge is 0.387 e. The maximum Gasteiger partial charge on any atom is 0.206 e. The third kappa shape index (κ3) is 1.12. The van der Waals surface area contributed by atoms with Crippen LogP contribution < -0.4 is 0 Å². The highest BCUT2D eigenvalue weighted by atomic mass is 16.6. The van der Waals surface area contributed by atoms with Crippen molar-refractivity contribution in [2.45, 2.75) is 45.5 Å². The van der Waals surface area contributed by atoms with Crippen molar-refractivity contribution in [1.82, 2.24) is 0 Å². The molecule has 2 N–H and O–H groups in total. The van der Waals surface area contributed by atoms with Gasteiger partial charge in [0.1, 0.15) is 11.5 Å². The monoisotopic (exact) mass is 356 g/mol. The maximum absolute atomic E-state index is 13.3. The zero-order valence-electron chi connectivity index (χ0n) is 15.3. The molecule has 0 radical (unpaired) electrons. The fourth-order valence-electron chi connectivity index (χ4n) is 8.16. The number of aliphatic hydroxyl groups is 2. The number of aliphatic hydroxyl groups excluding tert-OH is 1. The van der Waals surface area contributed by atoms with E-state index in [0.29, 0.717) is 5.92 Å². The predicted molar refractivity (Wildman–Crippen MR) is 90.6 cm³/mol. The van der Waals surface area contributed by atoms with Crippen LogP contribution in [-0.4, -0.2) is 40.3 Å². The Bertz CT molecular complexity index is 868. The highest BCUT2D eigenvalue weighted by Gasteiger charge is 2.89. The first-order valence-corrected chi connectivity index (χ1v) is 9.69. The maximum atomic E-state index is 13.3. The molecular formula is C21H24O5. The normalized spacial score (nSPS) is 57.8. The molecule has 8 atom stereocenters. The van der Waals surface area contributed by atoms with Crippen molar-refractivity contribution in [2.24, 2.45) is 39.9 Å². The number of Topliss-reactive ketones (excluding diaryl/α,β-unsaturated/α-hetero) is 1. The van der Waals surface area contributed by atoms with E-state index in [-0.39, 0.29) is 30.0 Å². The van der Waals surface area contributed by atoms with Crippen LogP contribution in [0, 0.1) is 39.9 Å². The number of fused-ring (bicyclic) bond motifs is 1. The average Bonchev–Trinajstić information content (AvgIpc) is 2.58. The molecule has 2 bridgehead atoms. The van der Waals surface area contributed by atoms with E-state index in [0.717, 1.165) is 24.0 Å². The zero-order chi connectivity index (χ0) is 18.4. The Balaban J connectivity index is 1.64. The summed E-state index contributed by atoms with van der Waals surface area (Å²) in [6.07, 6.45) is 4.10. The lowest BCUT2D eigenvalue weighted by Gasteiger charge is -2.79. The minimum Gasteiger partial charge on any atom is -0.387 e. The Kier molecular flexibility index (Phi) is 2.38. The number of carbonyl (C=O) groups is 2. The number of rotatable bonds is 0. The molecule has 138 valence electrons. The predicted octanol–water partition coefficient (Wildman–Crippen LogP) is 1.39. The van der Waals surface area contributed by atoms with E-state index in [1.807, 2.05) is 26.8 Å². The SMILES string of the molecule is CC1=C2C(=O)C34C2C1CCC3C12C=CC(=O)C(C)(C)C1C(O)C4(O)OC2. The average molecular weight is 356 g/mol. The number of ketones is 2. The lowest BCUT2D eigenvalue weighted by Crippen LogP contribution is -2.88. The van der Waals surface area contributed by atoms with Gasteiger partial charge in [-0.05, 0) is 37.7 Å². The van der Waals surface area contributed by atoms with Crippen LogP contribution in [0.1, 0.15) is 33.6 Å². The molecule has 26 heavy (non-hydrogen) atoms. The van der Waals surface area contributed by atoms with E-state index >= 15 is 0 Å². The molecule has 5 nitrogen and oxygen atoms in total. The van der Waals surface area contributed by atoms with E-state index in [1.54, 1.807) is 6.08 Å². The van der Waals surface area contributed by atoms with Gasteiger partial charge in [0, 0.05) is 28.2 Å². The van der Waals surface area contributed by atoms with Crippen LogP contribution in [0.15, 0.2) is 23.3 Å². The summed E-state index contributed by atoms with van der Waals surface area (Å²) in [6.45, 7) is 5.97. The molecule has 0 aromatic carbocycles. The van der Waals surface area contributed by atoms with Gasteiger partial charge in [0.05, 0.1) is 6.61 Å². The Labute approximate surface area is 152 Å². The second-order valence-corrected chi connectivity index (χ2v) is 9.95. The molecule has 5 heteroatoms. The zero-order valence-corrected chi connectivity index (χ0v) is 15.3. The van der Waals surface area contributed by atoms with Gasteiger partial charge >= 0.3 is 0 Å². The van der Waals surface area contributed by atoms with Crippen molar-refractivity contribution in [3.8, 4) is 0 Å². The third-order valence-electron chi connectivity index (χ3n) is 9.16. The first kappa shape index (κ1) is 15.7. The summed E-state index contributed by atoms with van der Waals surface area (Å²) in [7, 11) is 0. The van der Waals surface area contributed by atoms with Gasteiger partial charge in [0.2, 0.25) is 5.79 Å². The van der Waals surface area contributed by atoms with Crippen molar-refractivity contribution >= 4 is 11.6 Å². The molecule has 0 amide bonds. The fourth-order valence-corrected chi connectivity index (χ4v) is 8.16. The minimum atomic E-state index is -1.89. The van der Waals surface area contributed by atoms with Crippen LogP contribution in [-0.2, 0) is 14.3 Å². The van der Waals surface area contributed by atoms with E-state index in [9.17, 15) is 19.8 Å². The van der Waals surface area contributed by atoms with E-state index in [2.05, 4.69) is 0 Å². The lowest BCUT2D eigenvalue weighted by atomic mass is 9.26. The molecule has 0 aromatic rings. The second-order valence-electron chi connectivity index (χ2n) is 9.95. The topological polar surface area (TPSA) is 83.8 Å². The summed E-state index contributed by atoms with van der Waals surface area (Å²) in [5, 5.41) is 23.0. The van der Waals surface area contributed by atoms with Crippen LogP contribution in [0.4, 0.5) is 0 Å². The van der Waals surface area contributed by atoms with Gasteiger partial charge in [-0.25, -0.2) is 0 Å². The number of hydrogen-bond donors (Lipinski definition) is 2. The molecule has 2 aliphatic heterocycles.